The number of fused-ring (bicyclic) bond motifs is 1. The summed E-state index contributed by atoms with van der Waals surface area (Å²) in [5.74, 6) is -0.247. The first-order valence-corrected chi connectivity index (χ1v) is 4.58. The summed E-state index contributed by atoms with van der Waals surface area (Å²) in [7, 11) is 1.86. The largest absolute Gasteiger partial charge is 0.504 e. The third-order valence-corrected chi connectivity index (χ3v) is 2.54. The lowest BCUT2D eigenvalue weighted by molar-refractivity contribution is -0.646. The molecule has 0 fully saturated rings. The van der Waals surface area contributed by atoms with E-state index in [1.807, 2.05) is 17.8 Å². The number of hydrogen-bond acceptors (Lipinski definition) is 3. The van der Waals surface area contributed by atoms with Crippen molar-refractivity contribution in [3.8, 4) is 11.5 Å². The lowest BCUT2D eigenvalue weighted by Gasteiger charge is -2.03. The predicted molar refractivity (Wildman–Crippen MR) is 55.7 cm³/mol. The van der Waals surface area contributed by atoms with Crippen LogP contribution >= 0.6 is 12.6 Å². The molecule has 4 heteroatoms. The number of benzene rings is 1. The van der Waals surface area contributed by atoms with Crippen molar-refractivity contribution in [3.63, 3.8) is 0 Å². The maximum Gasteiger partial charge on any atom is 0.229 e. The van der Waals surface area contributed by atoms with Crippen molar-refractivity contribution in [2.75, 3.05) is 0 Å². The molecule has 0 aliphatic rings. The molecule has 2 rings (SSSR count). The van der Waals surface area contributed by atoms with E-state index in [-0.39, 0.29) is 11.5 Å². The Morgan fingerprint density at radius 1 is 1.36 bits per heavy atom. The van der Waals surface area contributed by atoms with Gasteiger partial charge in [0.05, 0.1) is 10.3 Å². The van der Waals surface area contributed by atoms with Crippen LogP contribution in [0.5, 0.6) is 11.5 Å². The van der Waals surface area contributed by atoms with Crippen molar-refractivity contribution in [3.05, 3.63) is 24.4 Å². The number of thiol groups is 1. The average Bonchev–Trinajstić information content (AvgIpc) is 2.14. The third kappa shape index (κ3) is 1.19. The minimum Gasteiger partial charge on any atom is -0.504 e. The maximum absolute atomic E-state index is 9.61. The van der Waals surface area contributed by atoms with Crippen LogP contribution in [-0.4, -0.2) is 10.2 Å². The van der Waals surface area contributed by atoms with Crippen LogP contribution in [0.2, 0.25) is 0 Å². The van der Waals surface area contributed by atoms with E-state index in [4.69, 9.17) is 0 Å². The van der Waals surface area contributed by atoms with Gasteiger partial charge in [-0.15, -0.1) is 12.6 Å². The Morgan fingerprint density at radius 3 is 2.79 bits per heavy atom. The van der Waals surface area contributed by atoms with E-state index in [0.29, 0.717) is 10.3 Å². The molecule has 3 nitrogen and oxygen atoms in total. The molecule has 0 amide bonds. The number of phenolic OH excluding ortho intramolecular Hbond substituents is 2. The molecule has 0 radical (unpaired) electrons. The Kier molecular flexibility index (Phi) is 2.00. The fraction of sp³-hybridized carbons (Fsp3) is 0.100. The quantitative estimate of drug-likeness (QED) is 0.348. The van der Waals surface area contributed by atoms with E-state index >= 15 is 0 Å². The highest BCUT2D eigenvalue weighted by atomic mass is 32.1. The minimum absolute atomic E-state index is 0.103. The van der Waals surface area contributed by atoms with Gasteiger partial charge >= 0.3 is 0 Å². The van der Waals surface area contributed by atoms with E-state index in [9.17, 15) is 10.2 Å². The third-order valence-electron chi connectivity index (χ3n) is 2.19. The Labute approximate surface area is 86.7 Å². The zero-order valence-electron chi connectivity index (χ0n) is 7.60. The Balaban J connectivity index is 3.02. The van der Waals surface area contributed by atoms with Crippen LogP contribution in [0.1, 0.15) is 0 Å². The fourth-order valence-electron chi connectivity index (χ4n) is 1.53. The molecule has 0 unspecified atom stereocenters. The Bertz CT molecular complexity index is 511. The van der Waals surface area contributed by atoms with Crippen molar-refractivity contribution in [1.82, 2.24) is 0 Å². The van der Waals surface area contributed by atoms with Gasteiger partial charge in [-0.05, 0) is 6.07 Å². The summed E-state index contributed by atoms with van der Waals surface area (Å²) < 4.78 is 1.84. The monoisotopic (exact) mass is 208 g/mol. The normalized spacial score (nSPS) is 10.7. The summed E-state index contributed by atoms with van der Waals surface area (Å²) in [6, 6.07) is 4.97. The van der Waals surface area contributed by atoms with E-state index in [1.54, 1.807) is 12.1 Å². The molecule has 0 saturated heterocycles. The second kappa shape index (κ2) is 3.06. The molecule has 0 aliphatic carbocycles. The molecule has 0 atom stereocenters. The Morgan fingerprint density at radius 2 is 2.07 bits per heavy atom. The van der Waals surface area contributed by atoms with Crippen LogP contribution in [0.25, 0.3) is 10.9 Å². The number of rotatable bonds is 0. The molecule has 0 bridgehead atoms. The van der Waals surface area contributed by atoms with E-state index in [1.165, 1.54) is 6.07 Å². The predicted octanol–water partition coefficient (Wildman–Crippen LogP) is 1.36. The summed E-state index contributed by atoms with van der Waals surface area (Å²) in [5.41, 5.74) is 0.797. The maximum atomic E-state index is 9.61. The van der Waals surface area contributed by atoms with Gasteiger partial charge in [-0.1, -0.05) is 0 Å². The minimum atomic E-state index is -0.145. The SMILES string of the molecule is C[n+]1cccc2c(O)c(O)cc(S)c21. The second-order valence-electron chi connectivity index (χ2n) is 3.14. The molecule has 2 N–H and O–H groups in total. The van der Waals surface area contributed by atoms with Crippen molar-refractivity contribution in [2.24, 2.45) is 7.05 Å². The van der Waals surface area contributed by atoms with E-state index in [0.717, 1.165) is 5.52 Å². The molecule has 14 heavy (non-hydrogen) atoms. The molecule has 0 aliphatic heterocycles. The summed E-state index contributed by atoms with van der Waals surface area (Å²) >= 11 is 4.25. The number of pyridine rings is 1. The Hall–Kier alpha value is -1.42. The van der Waals surface area contributed by atoms with Crippen LogP contribution in [0.15, 0.2) is 29.3 Å². The van der Waals surface area contributed by atoms with Gasteiger partial charge in [0.25, 0.3) is 0 Å². The zero-order valence-corrected chi connectivity index (χ0v) is 8.49. The van der Waals surface area contributed by atoms with Gasteiger partial charge in [0, 0.05) is 12.1 Å². The van der Waals surface area contributed by atoms with Crippen molar-refractivity contribution in [1.29, 1.82) is 0 Å². The van der Waals surface area contributed by atoms with Crippen LogP contribution in [-0.2, 0) is 7.05 Å². The van der Waals surface area contributed by atoms with Crippen LogP contribution in [0, 0.1) is 0 Å². The molecular weight excluding hydrogens is 198 g/mol. The van der Waals surface area contributed by atoms with Crippen molar-refractivity contribution < 1.29 is 14.8 Å². The highest BCUT2D eigenvalue weighted by Crippen LogP contribution is 2.35. The topological polar surface area (TPSA) is 44.3 Å². The van der Waals surface area contributed by atoms with Gasteiger partial charge in [0.1, 0.15) is 7.05 Å². The molecule has 1 aromatic carbocycles. The number of aromatic nitrogens is 1. The molecule has 1 heterocycles. The van der Waals surface area contributed by atoms with Gasteiger partial charge < -0.3 is 10.2 Å². The van der Waals surface area contributed by atoms with Gasteiger partial charge in [0.15, 0.2) is 17.7 Å². The second-order valence-corrected chi connectivity index (χ2v) is 3.63. The number of phenols is 2. The molecular formula is C10H10NO2S+. The van der Waals surface area contributed by atoms with E-state index < -0.39 is 0 Å². The fourth-order valence-corrected chi connectivity index (χ4v) is 1.93. The van der Waals surface area contributed by atoms with Gasteiger partial charge in [-0.25, -0.2) is 0 Å². The number of hydrogen-bond donors (Lipinski definition) is 3. The van der Waals surface area contributed by atoms with Crippen molar-refractivity contribution in [2.45, 2.75) is 4.90 Å². The summed E-state index contributed by atoms with van der Waals surface area (Å²) in [4.78, 5) is 0.637. The first-order chi connectivity index (χ1) is 6.61. The van der Waals surface area contributed by atoms with Crippen LogP contribution in [0.4, 0.5) is 0 Å². The highest BCUT2D eigenvalue weighted by molar-refractivity contribution is 7.80. The molecule has 2 aromatic rings. The number of aromatic hydroxyl groups is 2. The number of aryl methyl sites for hydroxylation is 1. The lowest BCUT2D eigenvalue weighted by atomic mass is 10.2. The van der Waals surface area contributed by atoms with Gasteiger partial charge in [-0.3, -0.25) is 0 Å². The lowest BCUT2D eigenvalue weighted by Crippen LogP contribution is -2.28. The average molecular weight is 208 g/mol. The summed E-state index contributed by atoms with van der Waals surface area (Å²) in [5, 5.41) is 19.6. The first-order valence-electron chi connectivity index (χ1n) is 4.13. The van der Waals surface area contributed by atoms with E-state index in [2.05, 4.69) is 12.6 Å². The molecule has 1 aromatic heterocycles. The highest BCUT2D eigenvalue weighted by Gasteiger charge is 2.15. The smallest absolute Gasteiger partial charge is 0.229 e. The number of nitrogens with zero attached hydrogens (tertiary/aromatic N) is 1. The zero-order chi connectivity index (χ0) is 10.3. The summed E-state index contributed by atoms with van der Waals surface area (Å²) in [6.45, 7) is 0. The van der Waals surface area contributed by atoms with Gasteiger partial charge in [-0.2, -0.15) is 4.57 Å². The van der Waals surface area contributed by atoms with Crippen LogP contribution < -0.4 is 4.57 Å². The standard InChI is InChI=1S/C10H9NO2S/c1-11-4-2-3-6-9(11)8(14)5-7(12)10(6)13/h2-5,12,14H,1H3/p+1. The molecule has 0 saturated carbocycles. The summed E-state index contributed by atoms with van der Waals surface area (Å²) in [6.07, 6.45) is 1.86. The van der Waals surface area contributed by atoms with Crippen molar-refractivity contribution >= 4 is 23.5 Å². The first kappa shape index (κ1) is 9.15. The molecule has 0 spiro atoms. The van der Waals surface area contributed by atoms with Gasteiger partial charge in [0.2, 0.25) is 5.52 Å². The molecule has 72 valence electrons. The van der Waals surface area contributed by atoms with Crippen LogP contribution in [0.3, 0.4) is 0 Å².